The smallest absolute Gasteiger partial charge is 0.328 e. The molecule has 1 atom stereocenters. The second kappa shape index (κ2) is 10.9. The summed E-state index contributed by atoms with van der Waals surface area (Å²) in [5, 5.41) is 5.51. The number of hydrogen-bond donors (Lipinski definition) is 2. The highest BCUT2D eigenvalue weighted by Gasteiger charge is 2.17. The molecule has 2 aromatic carbocycles. The molecule has 0 saturated heterocycles. The maximum atomic E-state index is 12.0. The van der Waals surface area contributed by atoms with Gasteiger partial charge in [-0.2, -0.15) is 0 Å². The van der Waals surface area contributed by atoms with E-state index in [1.54, 1.807) is 61.7 Å². The number of hydrogen-bond acceptors (Lipinski definition) is 5. The maximum Gasteiger partial charge on any atom is 0.328 e. The summed E-state index contributed by atoms with van der Waals surface area (Å²) in [5.41, 5.74) is 1.29. The Morgan fingerprint density at radius 2 is 1.86 bits per heavy atom. The number of anilines is 1. The van der Waals surface area contributed by atoms with E-state index >= 15 is 0 Å². The Kier molecular flexibility index (Phi) is 8.24. The average molecular weight is 417 g/mol. The van der Waals surface area contributed by atoms with Crippen molar-refractivity contribution in [3.05, 3.63) is 65.2 Å². The van der Waals surface area contributed by atoms with Gasteiger partial charge < -0.3 is 20.1 Å². The van der Waals surface area contributed by atoms with Crippen LogP contribution in [0.3, 0.4) is 0 Å². The van der Waals surface area contributed by atoms with Crippen LogP contribution in [0.5, 0.6) is 5.75 Å². The molecule has 0 saturated carbocycles. The fraction of sp³-hybridized carbons (Fsp3) is 0.190. The van der Waals surface area contributed by atoms with E-state index in [0.29, 0.717) is 16.5 Å². The summed E-state index contributed by atoms with van der Waals surface area (Å²) in [6.07, 6.45) is 2.91. The van der Waals surface area contributed by atoms with Crippen molar-refractivity contribution >= 4 is 41.1 Å². The Hall–Kier alpha value is -3.32. The average Bonchev–Trinajstić information content (AvgIpc) is 2.70. The van der Waals surface area contributed by atoms with Crippen LogP contribution in [-0.4, -0.2) is 37.5 Å². The fourth-order valence-electron chi connectivity index (χ4n) is 2.23. The molecule has 2 rings (SSSR count). The van der Waals surface area contributed by atoms with E-state index in [9.17, 15) is 14.4 Å². The van der Waals surface area contributed by atoms with Crippen molar-refractivity contribution in [1.29, 1.82) is 0 Å². The third kappa shape index (κ3) is 7.67. The first kappa shape index (κ1) is 22.0. The van der Waals surface area contributed by atoms with Gasteiger partial charge in [0.15, 0.2) is 6.61 Å². The number of carbonyl (C=O) groups is 3. The summed E-state index contributed by atoms with van der Waals surface area (Å²) in [5.74, 6) is -0.994. The zero-order valence-electron chi connectivity index (χ0n) is 16.0. The molecule has 7 nitrogen and oxygen atoms in total. The van der Waals surface area contributed by atoms with Gasteiger partial charge in [-0.1, -0.05) is 29.8 Å². The van der Waals surface area contributed by atoms with Crippen LogP contribution in [0.1, 0.15) is 12.5 Å². The predicted molar refractivity (Wildman–Crippen MR) is 111 cm³/mol. The lowest BCUT2D eigenvalue weighted by Gasteiger charge is -2.12. The molecule has 0 fully saturated rings. The normalized spacial score (nSPS) is 11.6. The van der Waals surface area contributed by atoms with Crippen LogP contribution >= 0.6 is 11.6 Å². The van der Waals surface area contributed by atoms with Gasteiger partial charge in [0.2, 0.25) is 5.91 Å². The van der Waals surface area contributed by atoms with Crippen molar-refractivity contribution in [2.75, 3.05) is 19.0 Å². The van der Waals surface area contributed by atoms with E-state index in [2.05, 4.69) is 10.6 Å². The Balaban J connectivity index is 1.76. The molecule has 2 amide bonds. The minimum absolute atomic E-state index is 0.464. The topological polar surface area (TPSA) is 93.7 Å². The molecule has 2 N–H and O–H groups in total. The van der Waals surface area contributed by atoms with Crippen molar-refractivity contribution in [1.82, 2.24) is 5.32 Å². The molecular weight excluding hydrogens is 396 g/mol. The van der Waals surface area contributed by atoms with Crippen LogP contribution < -0.4 is 15.4 Å². The fourth-order valence-corrected chi connectivity index (χ4v) is 2.42. The molecule has 0 unspecified atom stereocenters. The highest BCUT2D eigenvalue weighted by atomic mass is 35.5. The number of nitrogens with one attached hydrogen (secondary N) is 2. The van der Waals surface area contributed by atoms with Crippen LogP contribution in [0.15, 0.2) is 54.6 Å². The van der Waals surface area contributed by atoms with Gasteiger partial charge in [-0.15, -0.1) is 0 Å². The van der Waals surface area contributed by atoms with Crippen LogP contribution in [-0.2, 0) is 19.1 Å². The van der Waals surface area contributed by atoms with E-state index in [0.717, 1.165) is 5.56 Å². The summed E-state index contributed by atoms with van der Waals surface area (Å²) in [4.78, 5) is 35.7. The third-order valence-corrected chi connectivity index (χ3v) is 3.94. The second-order valence-corrected chi connectivity index (χ2v) is 6.44. The van der Waals surface area contributed by atoms with Gasteiger partial charge in [-0.05, 0) is 48.9 Å². The number of amides is 2. The molecule has 0 aromatic heterocycles. The molecule has 152 valence electrons. The van der Waals surface area contributed by atoms with Crippen LogP contribution in [0.25, 0.3) is 6.08 Å². The minimum Gasteiger partial charge on any atom is -0.497 e. The molecule has 0 aliphatic heterocycles. The summed E-state index contributed by atoms with van der Waals surface area (Å²) >= 11 is 5.84. The first-order chi connectivity index (χ1) is 13.9. The van der Waals surface area contributed by atoms with Gasteiger partial charge in [0, 0.05) is 16.8 Å². The summed E-state index contributed by atoms with van der Waals surface area (Å²) in [6.45, 7) is 0.990. The molecule has 0 radical (unpaired) electrons. The Labute approximate surface area is 173 Å². The number of rotatable bonds is 8. The van der Waals surface area contributed by atoms with Crippen molar-refractivity contribution in [3.63, 3.8) is 0 Å². The van der Waals surface area contributed by atoms with E-state index < -0.39 is 30.4 Å². The molecule has 0 heterocycles. The number of ether oxygens (including phenoxy) is 2. The van der Waals surface area contributed by atoms with Crippen molar-refractivity contribution in [3.8, 4) is 5.75 Å². The monoisotopic (exact) mass is 416 g/mol. The van der Waals surface area contributed by atoms with Gasteiger partial charge in [-0.25, -0.2) is 4.79 Å². The van der Waals surface area contributed by atoms with E-state index in [1.165, 1.54) is 13.0 Å². The highest BCUT2D eigenvalue weighted by molar-refractivity contribution is 6.30. The first-order valence-electron chi connectivity index (χ1n) is 8.72. The Morgan fingerprint density at radius 3 is 2.52 bits per heavy atom. The molecule has 2 aromatic rings. The lowest BCUT2D eigenvalue weighted by Crippen LogP contribution is -2.39. The SMILES string of the molecule is COc1ccc(C=CC(=O)N[C@@H](C)C(=O)OCC(=O)Nc2cccc(Cl)c2)cc1. The molecule has 0 aliphatic carbocycles. The molecule has 0 spiro atoms. The molecular formula is C21H21ClN2O5. The number of benzene rings is 2. The second-order valence-electron chi connectivity index (χ2n) is 6.00. The summed E-state index contributed by atoms with van der Waals surface area (Å²) in [7, 11) is 1.57. The highest BCUT2D eigenvalue weighted by Crippen LogP contribution is 2.14. The van der Waals surface area contributed by atoms with Gasteiger partial charge in [0.25, 0.3) is 5.91 Å². The third-order valence-electron chi connectivity index (χ3n) is 3.71. The Bertz CT molecular complexity index is 896. The van der Waals surface area contributed by atoms with E-state index in [1.807, 2.05) is 0 Å². The first-order valence-corrected chi connectivity index (χ1v) is 9.10. The number of esters is 1. The molecule has 29 heavy (non-hydrogen) atoms. The van der Waals surface area contributed by atoms with Gasteiger partial charge >= 0.3 is 5.97 Å². The Morgan fingerprint density at radius 1 is 1.14 bits per heavy atom. The molecule has 0 bridgehead atoms. The zero-order chi connectivity index (χ0) is 21.2. The molecule has 0 aliphatic rings. The number of methoxy groups -OCH3 is 1. The predicted octanol–water partition coefficient (Wildman–Crippen LogP) is 3.05. The maximum absolute atomic E-state index is 12.0. The summed E-state index contributed by atoms with van der Waals surface area (Å²) in [6, 6.07) is 12.8. The van der Waals surface area contributed by atoms with Crippen LogP contribution in [0.2, 0.25) is 5.02 Å². The van der Waals surface area contributed by atoms with Crippen LogP contribution in [0.4, 0.5) is 5.69 Å². The van der Waals surface area contributed by atoms with Gasteiger partial charge in [0.1, 0.15) is 11.8 Å². The minimum atomic E-state index is -0.915. The largest absolute Gasteiger partial charge is 0.497 e. The lowest BCUT2D eigenvalue weighted by molar-refractivity contribution is -0.149. The molecule has 8 heteroatoms. The van der Waals surface area contributed by atoms with Crippen molar-refractivity contribution in [2.24, 2.45) is 0 Å². The lowest BCUT2D eigenvalue weighted by atomic mass is 10.2. The standard InChI is InChI=1S/C21H21ClN2O5/c1-14(23-19(25)11-8-15-6-9-18(28-2)10-7-15)21(27)29-13-20(26)24-17-5-3-4-16(22)12-17/h3-12,14H,13H2,1-2H3,(H,23,25)(H,24,26)/t14-/m0/s1. The van der Waals surface area contributed by atoms with Gasteiger partial charge in [0.05, 0.1) is 7.11 Å². The number of carbonyl (C=O) groups excluding carboxylic acids is 3. The van der Waals surface area contributed by atoms with Gasteiger partial charge in [-0.3, -0.25) is 9.59 Å². The zero-order valence-corrected chi connectivity index (χ0v) is 16.7. The van der Waals surface area contributed by atoms with Crippen LogP contribution in [0, 0.1) is 0 Å². The van der Waals surface area contributed by atoms with Crippen molar-refractivity contribution < 1.29 is 23.9 Å². The van der Waals surface area contributed by atoms with Crippen molar-refractivity contribution in [2.45, 2.75) is 13.0 Å². The summed E-state index contributed by atoms with van der Waals surface area (Å²) < 4.78 is 9.98. The van der Waals surface area contributed by atoms with E-state index in [4.69, 9.17) is 21.1 Å². The number of halogens is 1. The quantitative estimate of drug-likeness (QED) is 0.509. The van der Waals surface area contributed by atoms with E-state index in [-0.39, 0.29) is 0 Å².